The van der Waals surface area contributed by atoms with E-state index in [1.807, 2.05) is 36.5 Å². The van der Waals surface area contributed by atoms with Crippen molar-refractivity contribution in [1.29, 1.82) is 0 Å². The smallest absolute Gasteiger partial charge is 0.251 e. The maximum atomic E-state index is 5.88. The van der Waals surface area contributed by atoms with E-state index in [0.29, 0.717) is 18.3 Å². The molecule has 1 aliphatic heterocycles. The fourth-order valence-corrected chi connectivity index (χ4v) is 2.92. The monoisotopic (exact) mass is 314 g/mol. The standard InChI is InChI=1S/C15H22N8/c1-9-6-11(3)22(20-9)8-12-17-13(16)19-14(18-12)23-15(4,5)7-10(2)21-23/h6H,7-8H2,1-5H3,(H2,16,17,18,19). The lowest BCUT2D eigenvalue weighted by molar-refractivity contribution is 0.503. The highest BCUT2D eigenvalue weighted by Crippen LogP contribution is 2.30. The third-order valence-electron chi connectivity index (χ3n) is 3.80. The second kappa shape index (κ2) is 5.29. The van der Waals surface area contributed by atoms with Crippen LogP contribution in [0.25, 0.3) is 0 Å². The van der Waals surface area contributed by atoms with Gasteiger partial charge in [0.15, 0.2) is 5.82 Å². The quantitative estimate of drug-likeness (QED) is 0.925. The molecular formula is C15H22N8. The molecule has 0 spiro atoms. The number of aromatic nitrogens is 5. The molecule has 3 heterocycles. The fourth-order valence-electron chi connectivity index (χ4n) is 2.92. The van der Waals surface area contributed by atoms with E-state index in [0.717, 1.165) is 23.5 Å². The number of anilines is 2. The van der Waals surface area contributed by atoms with Gasteiger partial charge in [-0.25, -0.2) is 5.01 Å². The van der Waals surface area contributed by atoms with Crippen molar-refractivity contribution in [1.82, 2.24) is 24.7 Å². The number of hydrogen-bond donors (Lipinski definition) is 1. The zero-order valence-electron chi connectivity index (χ0n) is 14.2. The lowest BCUT2D eigenvalue weighted by Gasteiger charge is -2.28. The number of aryl methyl sites for hydroxylation is 2. The van der Waals surface area contributed by atoms with E-state index in [4.69, 9.17) is 5.73 Å². The number of nitrogens with zero attached hydrogens (tertiary/aromatic N) is 7. The fraction of sp³-hybridized carbons (Fsp3) is 0.533. The lowest BCUT2D eigenvalue weighted by atomic mass is 9.99. The summed E-state index contributed by atoms with van der Waals surface area (Å²) in [5.74, 6) is 1.26. The Hall–Kier alpha value is -2.51. The van der Waals surface area contributed by atoms with Gasteiger partial charge < -0.3 is 5.73 Å². The van der Waals surface area contributed by atoms with Crippen LogP contribution in [0.4, 0.5) is 11.9 Å². The Bertz CT molecular complexity index is 774. The summed E-state index contributed by atoms with van der Waals surface area (Å²) in [5, 5.41) is 10.8. The summed E-state index contributed by atoms with van der Waals surface area (Å²) in [6.45, 7) is 10.6. The largest absolute Gasteiger partial charge is 0.368 e. The van der Waals surface area contributed by atoms with Crippen LogP contribution in [0.1, 0.15) is 44.4 Å². The van der Waals surface area contributed by atoms with Crippen molar-refractivity contribution in [2.45, 2.75) is 53.1 Å². The Morgan fingerprint density at radius 2 is 1.91 bits per heavy atom. The second-order valence-electron chi connectivity index (χ2n) is 6.63. The molecule has 0 radical (unpaired) electrons. The molecule has 0 bridgehead atoms. The average Bonchev–Trinajstić information content (AvgIpc) is 2.87. The van der Waals surface area contributed by atoms with Crippen LogP contribution >= 0.6 is 0 Å². The highest BCUT2D eigenvalue weighted by molar-refractivity contribution is 5.86. The van der Waals surface area contributed by atoms with Crippen LogP contribution in [0.3, 0.4) is 0 Å². The molecule has 0 saturated heterocycles. The normalized spacial score (nSPS) is 16.7. The topological polar surface area (TPSA) is 98.1 Å². The molecule has 0 amide bonds. The van der Waals surface area contributed by atoms with Gasteiger partial charge in [0.2, 0.25) is 5.95 Å². The van der Waals surface area contributed by atoms with Crippen molar-refractivity contribution in [2.75, 3.05) is 10.7 Å². The summed E-state index contributed by atoms with van der Waals surface area (Å²) in [6.07, 6.45) is 0.866. The van der Waals surface area contributed by atoms with E-state index in [1.165, 1.54) is 0 Å². The number of hydrazone groups is 1. The lowest BCUT2D eigenvalue weighted by Crippen LogP contribution is -2.38. The van der Waals surface area contributed by atoms with E-state index < -0.39 is 0 Å². The van der Waals surface area contributed by atoms with Crippen LogP contribution in [-0.4, -0.2) is 36.0 Å². The molecule has 23 heavy (non-hydrogen) atoms. The molecule has 0 aliphatic carbocycles. The van der Waals surface area contributed by atoms with Crippen LogP contribution in [0.5, 0.6) is 0 Å². The molecule has 122 valence electrons. The first-order valence-electron chi connectivity index (χ1n) is 7.60. The predicted octanol–water partition coefficient (Wildman–Crippen LogP) is 1.68. The Morgan fingerprint density at radius 1 is 1.17 bits per heavy atom. The van der Waals surface area contributed by atoms with Crippen molar-refractivity contribution in [3.05, 3.63) is 23.3 Å². The third kappa shape index (κ3) is 3.01. The summed E-state index contributed by atoms with van der Waals surface area (Å²) in [5.41, 5.74) is 8.77. The molecule has 2 aromatic heterocycles. The molecule has 1 aliphatic rings. The molecule has 8 nitrogen and oxygen atoms in total. The minimum Gasteiger partial charge on any atom is -0.368 e. The molecule has 0 atom stereocenters. The van der Waals surface area contributed by atoms with Crippen LogP contribution in [0.15, 0.2) is 11.2 Å². The molecule has 3 rings (SSSR count). The highest BCUT2D eigenvalue weighted by Gasteiger charge is 2.35. The van der Waals surface area contributed by atoms with Gasteiger partial charge in [0.1, 0.15) is 6.54 Å². The Labute approximate surface area is 135 Å². The van der Waals surface area contributed by atoms with Gasteiger partial charge in [-0.15, -0.1) is 0 Å². The van der Waals surface area contributed by atoms with Gasteiger partial charge in [0, 0.05) is 17.8 Å². The Kier molecular flexibility index (Phi) is 3.54. The minimum atomic E-state index is -0.173. The Morgan fingerprint density at radius 3 is 2.48 bits per heavy atom. The summed E-state index contributed by atoms with van der Waals surface area (Å²) in [6, 6.07) is 2.02. The van der Waals surface area contributed by atoms with Crippen LogP contribution in [0, 0.1) is 13.8 Å². The van der Waals surface area contributed by atoms with Crippen molar-refractivity contribution >= 4 is 17.6 Å². The van der Waals surface area contributed by atoms with Gasteiger partial charge in [0.25, 0.3) is 5.95 Å². The first-order valence-corrected chi connectivity index (χ1v) is 7.60. The number of nitrogen functional groups attached to an aromatic ring is 1. The van der Waals surface area contributed by atoms with Gasteiger partial charge in [-0.1, -0.05) is 0 Å². The van der Waals surface area contributed by atoms with Gasteiger partial charge in [-0.05, 0) is 40.7 Å². The molecule has 0 fully saturated rings. The second-order valence-corrected chi connectivity index (χ2v) is 6.63. The first kappa shape index (κ1) is 15.4. The molecule has 2 N–H and O–H groups in total. The molecular weight excluding hydrogens is 292 g/mol. The highest BCUT2D eigenvalue weighted by atomic mass is 15.6. The minimum absolute atomic E-state index is 0.173. The molecule has 0 aromatic carbocycles. The van der Waals surface area contributed by atoms with Gasteiger partial charge in [-0.3, -0.25) is 4.68 Å². The Balaban J connectivity index is 1.95. The summed E-state index contributed by atoms with van der Waals surface area (Å²) < 4.78 is 1.86. The summed E-state index contributed by atoms with van der Waals surface area (Å²) >= 11 is 0. The van der Waals surface area contributed by atoms with Gasteiger partial charge in [0.05, 0.1) is 11.2 Å². The number of nitrogens with two attached hydrogens (primary N) is 1. The van der Waals surface area contributed by atoms with E-state index >= 15 is 0 Å². The van der Waals surface area contributed by atoms with E-state index in [-0.39, 0.29) is 11.5 Å². The van der Waals surface area contributed by atoms with Crippen molar-refractivity contribution in [2.24, 2.45) is 5.10 Å². The SMILES string of the molecule is CC1=NN(c2nc(N)nc(Cn3nc(C)cc3C)n2)C(C)(C)C1. The number of rotatable bonds is 3. The van der Waals surface area contributed by atoms with Crippen molar-refractivity contribution < 1.29 is 0 Å². The van der Waals surface area contributed by atoms with E-state index in [1.54, 1.807) is 0 Å². The van der Waals surface area contributed by atoms with Crippen LogP contribution < -0.4 is 10.7 Å². The van der Waals surface area contributed by atoms with Crippen molar-refractivity contribution in [3.63, 3.8) is 0 Å². The zero-order valence-corrected chi connectivity index (χ0v) is 14.2. The molecule has 0 unspecified atom stereocenters. The van der Waals surface area contributed by atoms with Gasteiger partial charge in [-0.2, -0.15) is 25.2 Å². The molecule has 2 aromatic rings. The summed E-state index contributed by atoms with van der Waals surface area (Å²) in [4.78, 5) is 13.0. The third-order valence-corrected chi connectivity index (χ3v) is 3.80. The predicted molar refractivity (Wildman–Crippen MR) is 89.3 cm³/mol. The average molecular weight is 314 g/mol. The van der Waals surface area contributed by atoms with E-state index in [9.17, 15) is 0 Å². The maximum absolute atomic E-state index is 5.88. The van der Waals surface area contributed by atoms with Gasteiger partial charge >= 0.3 is 0 Å². The maximum Gasteiger partial charge on any atom is 0.251 e. The van der Waals surface area contributed by atoms with Crippen LogP contribution in [-0.2, 0) is 6.54 Å². The summed E-state index contributed by atoms with van der Waals surface area (Å²) in [7, 11) is 0. The molecule has 8 heteroatoms. The zero-order chi connectivity index (χ0) is 16.8. The van der Waals surface area contributed by atoms with E-state index in [2.05, 4.69) is 39.0 Å². The van der Waals surface area contributed by atoms with Crippen molar-refractivity contribution in [3.8, 4) is 0 Å². The van der Waals surface area contributed by atoms with Crippen LogP contribution in [0.2, 0.25) is 0 Å². The molecule has 0 saturated carbocycles. The first-order chi connectivity index (χ1) is 10.7. The number of hydrogen-bond acceptors (Lipinski definition) is 7.